The van der Waals surface area contributed by atoms with Crippen molar-refractivity contribution in [2.24, 2.45) is 35.5 Å². The van der Waals surface area contributed by atoms with E-state index in [1.807, 2.05) is 0 Å². The Morgan fingerprint density at radius 2 is 1.44 bits per heavy atom. The molecule has 0 saturated heterocycles. The summed E-state index contributed by atoms with van der Waals surface area (Å²) in [6.07, 6.45) is 12.1. The summed E-state index contributed by atoms with van der Waals surface area (Å²) in [7, 11) is 0. The van der Waals surface area contributed by atoms with Crippen LogP contribution < -0.4 is 0 Å². The van der Waals surface area contributed by atoms with Crippen molar-refractivity contribution in [3.05, 3.63) is 0 Å². The van der Waals surface area contributed by atoms with Gasteiger partial charge in [-0.15, -0.1) is 0 Å². The molecular weight excluding hydrogens is 216 g/mol. The molecule has 4 unspecified atom stereocenters. The largest absolute Gasteiger partial charge is 0.0625 e. The highest BCUT2D eigenvalue weighted by Gasteiger charge is 2.37. The van der Waals surface area contributed by atoms with Crippen LogP contribution in [0.2, 0.25) is 0 Å². The maximum Gasteiger partial charge on any atom is -0.0352 e. The molecule has 2 rings (SSSR count). The van der Waals surface area contributed by atoms with E-state index in [1.165, 1.54) is 51.4 Å². The Balaban J connectivity index is 2.01. The molecule has 0 nitrogen and oxygen atoms in total. The average molecular weight is 250 g/mol. The van der Waals surface area contributed by atoms with Crippen molar-refractivity contribution in [2.45, 2.75) is 79.1 Å². The molecule has 2 saturated carbocycles. The van der Waals surface area contributed by atoms with Crippen LogP contribution >= 0.6 is 0 Å². The zero-order valence-electron chi connectivity index (χ0n) is 13.1. The molecule has 0 N–H and O–H groups in total. The van der Waals surface area contributed by atoms with E-state index in [-0.39, 0.29) is 0 Å². The second-order valence-corrected chi connectivity index (χ2v) is 7.75. The smallest absolute Gasteiger partial charge is 0.0352 e. The van der Waals surface area contributed by atoms with Gasteiger partial charge in [-0.3, -0.25) is 0 Å². The van der Waals surface area contributed by atoms with E-state index < -0.39 is 0 Å². The van der Waals surface area contributed by atoms with E-state index in [0.29, 0.717) is 0 Å². The Morgan fingerprint density at radius 3 is 2.06 bits per heavy atom. The zero-order valence-corrected chi connectivity index (χ0v) is 13.1. The van der Waals surface area contributed by atoms with Gasteiger partial charge in [0, 0.05) is 0 Å². The van der Waals surface area contributed by atoms with Gasteiger partial charge in [0.2, 0.25) is 0 Å². The van der Waals surface area contributed by atoms with Crippen molar-refractivity contribution >= 4 is 0 Å². The topological polar surface area (TPSA) is 0 Å². The van der Waals surface area contributed by atoms with E-state index >= 15 is 0 Å². The first-order valence-corrected chi connectivity index (χ1v) is 8.59. The van der Waals surface area contributed by atoms with Gasteiger partial charge in [-0.25, -0.2) is 0 Å². The van der Waals surface area contributed by atoms with Crippen molar-refractivity contribution in [1.29, 1.82) is 0 Å². The summed E-state index contributed by atoms with van der Waals surface area (Å²) in [6, 6.07) is 0. The fourth-order valence-electron chi connectivity index (χ4n) is 4.89. The van der Waals surface area contributed by atoms with Crippen LogP contribution in [0.3, 0.4) is 0 Å². The molecule has 0 spiro atoms. The van der Waals surface area contributed by atoms with Gasteiger partial charge in [0.25, 0.3) is 0 Å². The van der Waals surface area contributed by atoms with Crippen LogP contribution in [0.15, 0.2) is 0 Å². The van der Waals surface area contributed by atoms with Crippen LogP contribution in [0.1, 0.15) is 79.1 Å². The van der Waals surface area contributed by atoms with Gasteiger partial charge in [-0.05, 0) is 48.3 Å². The maximum absolute atomic E-state index is 2.59. The molecule has 0 heterocycles. The minimum absolute atomic E-state index is 0.897. The Bertz CT molecular complexity index is 236. The predicted molar refractivity (Wildman–Crippen MR) is 80.6 cm³/mol. The summed E-state index contributed by atoms with van der Waals surface area (Å²) in [5.41, 5.74) is 0. The summed E-state index contributed by atoms with van der Waals surface area (Å²) in [5.74, 6) is 5.95. The number of hydrogen-bond acceptors (Lipinski definition) is 0. The van der Waals surface area contributed by atoms with Gasteiger partial charge in [-0.1, -0.05) is 66.2 Å². The van der Waals surface area contributed by atoms with Crippen LogP contribution in [0.4, 0.5) is 0 Å². The van der Waals surface area contributed by atoms with E-state index in [0.717, 1.165) is 35.5 Å². The third kappa shape index (κ3) is 3.31. The molecule has 2 aliphatic rings. The highest BCUT2D eigenvalue weighted by atomic mass is 14.4. The second kappa shape index (κ2) is 6.44. The van der Waals surface area contributed by atoms with Crippen molar-refractivity contribution in [1.82, 2.24) is 0 Å². The molecule has 0 amide bonds. The van der Waals surface area contributed by atoms with E-state index in [9.17, 15) is 0 Å². The first kappa shape index (κ1) is 14.4. The van der Waals surface area contributed by atoms with Gasteiger partial charge in [0.05, 0.1) is 0 Å². The molecule has 0 aromatic heterocycles. The van der Waals surface area contributed by atoms with Crippen molar-refractivity contribution in [3.63, 3.8) is 0 Å². The first-order chi connectivity index (χ1) is 8.59. The molecule has 4 atom stereocenters. The average Bonchev–Trinajstić information content (AvgIpc) is 2.38. The monoisotopic (exact) mass is 250 g/mol. The molecule has 0 radical (unpaired) electrons. The van der Waals surface area contributed by atoms with Crippen LogP contribution in [0.5, 0.6) is 0 Å². The van der Waals surface area contributed by atoms with Crippen LogP contribution in [0.25, 0.3) is 0 Å². The summed E-state index contributed by atoms with van der Waals surface area (Å²) in [5, 5.41) is 0. The molecule has 0 heteroatoms. The summed E-state index contributed by atoms with van der Waals surface area (Å²) < 4.78 is 0. The van der Waals surface area contributed by atoms with Crippen molar-refractivity contribution in [2.75, 3.05) is 0 Å². The van der Waals surface area contributed by atoms with Gasteiger partial charge < -0.3 is 0 Å². The lowest BCUT2D eigenvalue weighted by atomic mass is 9.62. The Kier molecular flexibility index (Phi) is 5.15. The molecule has 0 aliphatic heterocycles. The van der Waals surface area contributed by atoms with Gasteiger partial charge in [-0.2, -0.15) is 0 Å². The van der Waals surface area contributed by atoms with Gasteiger partial charge in [0.15, 0.2) is 0 Å². The lowest BCUT2D eigenvalue weighted by molar-refractivity contribution is 0.0598. The molecule has 0 aromatic rings. The predicted octanol–water partition coefficient (Wildman–Crippen LogP) is 5.91. The molecule has 106 valence electrons. The third-order valence-electron chi connectivity index (χ3n) is 6.14. The molecular formula is C18H34. The molecule has 0 bridgehead atoms. The Labute approximate surface area is 115 Å². The summed E-state index contributed by atoms with van der Waals surface area (Å²) >= 11 is 0. The Morgan fingerprint density at radius 1 is 0.778 bits per heavy atom. The quantitative estimate of drug-likeness (QED) is 0.584. The third-order valence-corrected chi connectivity index (χ3v) is 6.14. The zero-order chi connectivity index (χ0) is 13.1. The van der Waals surface area contributed by atoms with Crippen molar-refractivity contribution < 1.29 is 0 Å². The van der Waals surface area contributed by atoms with Gasteiger partial charge in [0.1, 0.15) is 0 Å². The normalized spacial score (nSPS) is 36.8. The number of hydrogen-bond donors (Lipinski definition) is 0. The lowest BCUT2D eigenvalue weighted by Gasteiger charge is -2.44. The lowest BCUT2D eigenvalue weighted by Crippen LogP contribution is -2.35. The molecule has 0 aromatic carbocycles. The fraction of sp³-hybridized carbons (Fsp3) is 1.00. The van der Waals surface area contributed by atoms with Crippen LogP contribution in [-0.4, -0.2) is 0 Å². The van der Waals surface area contributed by atoms with E-state index in [4.69, 9.17) is 0 Å². The Hall–Kier alpha value is 0. The van der Waals surface area contributed by atoms with E-state index in [2.05, 4.69) is 27.7 Å². The van der Waals surface area contributed by atoms with Gasteiger partial charge >= 0.3 is 0 Å². The second-order valence-electron chi connectivity index (χ2n) is 7.75. The molecule has 2 aliphatic carbocycles. The highest BCUT2D eigenvalue weighted by Crippen LogP contribution is 2.46. The first-order valence-electron chi connectivity index (χ1n) is 8.59. The fourth-order valence-corrected chi connectivity index (χ4v) is 4.89. The van der Waals surface area contributed by atoms with Crippen LogP contribution in [0, 0.1) is 35.5 Å². The maximum atomic E-state index is 2.59. The minimum atomic E-state index is 0.897. The SMILES string of the molecule is CC1CCC(C(C)C)C(C(C)C2CCCCC2)C1. The van der Waals surface area contributed by atoms with Crippen LogP contribution in [-0.2, 0) is 0 Å². The summed E-state index contributed by atoms with van der Waals surface area (Å²) in [4.78, 5) is 0. The standard InChI is InChI=1S/C18H34/c1-13(2)17-11-10-14(3)12-18(17)15(4)16-8-6-5-7-9-16/h13-18H,5-12H2,1-4H3. The molecule has 18 heavy (non-hydrogen) atoms. The van der Waals surface area contributed by atoms with Crippen molar-refractivity contribution in [3.8, 4) is 0 Å². The van der Waals surface area contributed by atoms with E-state index in [1.54, 1.807) is 0 Å². The number of rotatable bonds is 3. The highest BCUT2D eigenvalue weighted by molar-refractivity contribution is 4.86. The minimum Gasteiger partial charge on any atom is -0.0625 e. The summed E-state index contributed by atoms with van der Waals surface area (Å²) in [6.45, 7) is 9.99. The molecule has 2 fully saturated rings.